The van der Waals surface area contributed by atoms with Gasteiger partial charge in [0.2, 0.25) is 5.91 Å². The maximum absolute atomic E-state index is 13.1. The molecule has 0 saturated heterocycles. The molecule has 8 heteroatoms. The number of nitrogens with one attached hydrogen (secondary N) is 1. The topological polar surface area (TPSA) is 92.9 Å². The van der Waals surface area contributed by atoms with Crippen molar-refractivity contribution in [1.82, 2.24) is 25.5 Å². The van der Waals surface area contributed by atoms with Gasteiger partial charge in [-0.1, -0.05) is 26.0 Å². The third-order valence-electron chi connectivity index (χ3n) is 3.92. The van der Waals surface area contributed by atoms with Crippen LogP contribution in [-0.2, 0) is 11.2 Å². The molecule has 0 bridgehead atoms. The molecule has 0 aliphatic carbocycles. The third-order valence-corrected chi connectivity index (χ3v) is 3.92. The Balaban J connectivity index is 2.20. The molecule has 7 nitrogen and oxygen atoms in total. The van der Waals surface area contributed by atoms with Crippen molar-refractivity contribution in [2.24, 2.45) is 5.92 Å². The Morgan fingerprint density at radius 1 is 1.32 bits per heavy atom. The van der Waals surface area contributed by atoms with E-state index in [0.717, 1.165) is 5.56 Å². The van der Waals surface area contributed by atoms with Gasteiger partial charge in [0.1, 0.15) is 17.7 Å². The number of halogens is 1. The van der Waals surface area contributed by atoms with Crippen LogP contribution in [0.5, 0.6) is 0 Å². The van der Waals surface area contributed by atoms with E-state index in [0.29, 0.717) is 24.6 Å². The molecule has 1 amide bonds. The second-order valence-corrected chi connectivity index (χ2v) is 6.53. The standard InChI is InChI=1S/C17H24FN5O2/c1-11(2)8-15(10-24)19-17(25)16(23-12(3)20-21-22-23)9-13-4-6-14(18)7-5-13/h4-7,11,15-16,24H,8-10H2,1-3H3,(H,19,25). The summed E-state index contributed by atoms with van der Waals surface area (Å²) < 4.78 is 14.6. The first-order chi connectivity index (χ1) is 11.9. The van der Waals surface area contributed by atoms with Crippen molar-refractivity contribution in [1.29, 1.82) is 0 Å². The van der Waals surface area contributed by atoms with E-state index in [1.807, 2.05) is 13.8 Å². The van der Waals surface area contributed by atoms with Gasteiger partial charge in [-0.25, -0.2) is 9.07 Å². The molecule has 1 aromatic carbocycles. The van der Waals surface area contributed by atoms with E-state index < -0.39 is 6.04 Å². The van der Waals surface area contributed by atoms with Gasteiger partial charge >= 0.3 is 0 Å². The SMILES string of the molecule is Cc1nnnn1C(Cc1ccc(F)cc1)C(=O)NC(CO)CC(C)C. The summed E-state index contributed by atoms with van der Waals surface area (Å²) in [4.78, 5) is 12.8. The second-order valence-electron chi connectivity index (χ2n) is 6.53. The van der Waals surface area contributed by atoms with Gasteiger partial charge in [0.05, 0.1) is 12.6 Å². The van der Waals surface area contributed by atoms with Crippen LogP contribution >= 0.6 is 0 Å². The van der Waals surface area contributed by atoms with Gasteiger partial charge in [-0.3, -0.25) is 4.79 Å². The van der Waals surface area contributed by atoms with Crippen molar-refractivity contribution in [3.63, 3.8) is 0 Å². The number of amides is 1. The molecule has 2 rings (SSSR count). The lowest BCUT2D eigenvalue weighted by Gasteiger charge is -2.23. The molecule has 2 aromatic rings. The molecule has 0 spiro atoms. The van der Waals surface area contributed by atoms with Crippen molar-refractivity contribution >= 4 is 5.91 Å². The van der Waals surface area contributed by atoms with E-state index in [2.05, 4.69) is 20.8 Å². The molecule has 0 saturated carbocycles. The maximum Gasteiger partial charge on any atom is 0.245 e. The van der Waals surface area contributed by atoms with Crippen LogP contribution in [0, 0.1) is 18.7 Å². The van der Waals surface area contributed by atoms with E-state index >= 15 is 0 Å². The minimum Gasteiger partial charge on any atom is -0.394 e. The predicted octanol–water partition coefficient (Wildman–Crippen LogP) is 1.43. The van der Waals surface area contributed by atoms with E-state index in [1.54, 1.807) is 19.1 Å². The minimum absolute atomic E-state index is 0.137. The Hall–Kier alpha value is -2.35. The van der Waals surface area contributed by atoms with E-state index in [9.17, 15) is 14.3 Å². The summed E-state index contributed by atoms with van der Waals surface area (Å²) in [7, 11) is 0. The number of carbonyl (C=O) groups excluding carboxylic acids is 1. The monoisotopic (exact) mass is 349 g/mol. The number of hydrogen-bond donors (Lipinski definition) is 2. The lowest BCUT2D eigenvalue weighted by Crippen LogP contribution is -2.43. The first-order valence-electron chi connectivity index (χ1n) is 8.30. The number of aliphatic hydroxyl groups is 1. The number of aromatic nitrogens is 4. The largest absolute Gasteiger partial charge is 0.394 e. The quantitative estimate of drug-likeness (QED) is 0.752. The zero-order chi connectivity index (χ0) is 18.4. The van der Waals surface area contributed by atoms with Crippen LogP contribution in [0.25, 0.3) is 0 Å². The minimum atomic E-state index is -0.679. The molecular formula is C17H24FN5O2. The van der Waals surface area contributed by atoms with E-state index in [4.69, 9.17) is 0 Å². The lowest BCUT2D eigenvalue weighted by atomic mass is 10.0. The van der Waals surface area contributed by atoms with Crippen molar-refractivity contribution in [2.45, 2.75) is 45.7 Å². The molecule has 2 N–H and O–H groups in total. The van der Waals surface area contributed by atoms with Gasteiger partial charge < -0.3 is 10.4 Å². The van der Waals surface area contributed by atoms with Gasteiger partial charge in [0.25, 0.3) is 0 Å². The van der Waals surface area contributed by atoms with Crippen LogP contribution in [0.15, 0.2) is 24.3 Å². The predicted molar refractivity (Wildman–Crippen MR) is 90.2 cm³/mol. The van der Waals surface area contributed by atoms with E-state index in [1.165, 1.54) is 16.8 Å². The molecule has 2 unspecified atom stereocenters. The van der Waals surface area contributed by atoms with Crippen LogP contribution < -0.4 is 5.32 Å². The average molecular weight is 349 g/mol. The fourth-order valence-electron chi connectivity index (χ4n) is 2.71. The summed E-state index contributed by atoms with van der Waals surface area (Å²) in [6.07, 6.45) is 0.984. The number of aryl methyl sites for hydroxylation is 1. The molecular weight excluding hydrogens is 325 g/mol. The van der Waals surface area contributed by atoms with Gasteiger partial charge in [0, 0.05) is 6.42 Å². The third kappa shape index (κ3) is 5.32. The van der Waals surface area contributed by atoms with Gasteiger partial charge in [-0.2, -0.15) is 0 Å². The highest BCUT2D eigenvalue weighted by molar-refractivity contribution is 5.80. The second kappa shape index (κ2) is 8.66. The number of tetrazole rings is 1. The van der Waals surface area contributed by atoms with Crippen molar-refractivity contribution < 1.29 is 14.3 Å². The van der Waals surface area contributed by atoms with Crippen LogP contribution in [0.3, 0.4) is 0 Å². The first-order valence-corrected chi connectivity index (χ1v) is 8.30. The Morgan fingerprint density at radius 2 is 2.00 bits per heavy atom. The maximum atomic E-state index is 13.1. The summed E-state index contributed by atoms with van der Waals surface area (Å²) in [5, 5.41) is 23.7. The summed E-state index contributed by atoms with van der Waals surface area (Å²) in [5.74, 6) is 0.231. The van der Waals surface area contributed by atoms with Crippen LogP contribution in [-0.4, -0.2) is 43.9 Å². The number of aliphatic hydroxyl groups excluding tert-OH is 1. The van der Waals surface area contributed by atoms with Crippen LogP contribution in [0.4, 0.5) is 4.39 Å². The lowest BCUT2D eigenvalue weighted by molar-refractivity contribution is -0.125. The Labute approximate surface area is 146 Å². The number of hydrogen-bond acceptors (Lipinski definition) is 5. The molecule has 0 fully saturated rings. The van der Waals surface area contributed by atoms with E-state index in [-0.39, 0.29) is 24.4 Å². The molecule has 0 aliphatic heterocycles. The number of nitrogens with zero attached hydrogens (tertiary/aromatic N) is 4. The normalized spacial score (nSPS) is 13.7. The Morgan fingerprint density at radius 3 is 2.52 bits per heavy atom. The van der Waals surface area contributed by atoms with Crippen molar-refractivity contribution in [3.8, 4) is 0 Å². The number of carbonyl (C=O) groups is 1. The molecule has 25 heavy (non-hydrogen) atoms. The molecule has 0 radical (unpaired) electrons. The first kappa shape index (κ1) is 19.0. The molecule has 2 atom stereocenters. The summed E-state index contributed by atoms with van der Waals surface area (Å²) in [6.45, 7) is 5.62. The van der Waals surface area contributed by atoms with Gasteiger partial charge in [0.15, 0.2) is 0 Å². The highest BCUT2D eigenvalue weighted by Crippen LogP contribution is 2.16. The molecule has 0 aliphatic rings. The Kier molecular flexibility index (Phi) is 6.58. The number of benzene rings is 1. The Bertz CT molecular complexity index is 687. The average Bonchev–Trinajstić information content (AvgIpc) is 2.98. The zero-order valence-electron chi connectivity index (χ0n) is 14.7. The number of rotatable bonds is 8. The van der Waals surface area contributed by atoms with Gasteiger partial charge in [-0.15, -0.1) is 5.10 Å². The smallest absolute Gasteiger partial charge is 0.245 e. The summed E-state index contributed by atoms with van der Waals surface area (Å²) in [6, 6.07) is 4.96. The highest BCUT2D eigenvalue weighted by Gasteiger charge is 2.26. The fraction of sp³-hybridized carbons (Fsp3) is 0.529. The molecule has 136 valence electrons. The molecule has 1 heterocycles. The summed E-state index contributed by atoms with van der Waals surface area (Å²) in [5.41, 5.74) is 0.792. The molecule has 1 aromatic heterocycles. The highest BCUT2D eigenvalue weighted by atomic mass is 19.1. The van der Waals surface area contributed by atoms with Crippen LogP contribution in [0.2, 0.25) is 0 Å². The fourth-order valence-corrected chi connectivity index (χ4v) is 2.71. The van der Waals surface area contributed by atoms with Crippen molar-refractivity contribution in [2.75, 3.05) is 6.61 Å². The van der Waals surface area contributed by atoms with Crippen LogP contribution in [0.1, 0.15) is 37.7 Å². The van der Waals surface area contributed by atoms with Gasteiger partial charge in [-0.05, 0) is 47.4 Å². The zero-order valence-corrected chi connectivity index (χ0v) is 14.7. The van der Waals surface area contributed by atoms with Crippen molar-refractivity contribution in [3.05, 3.63) is 41.5 Å². The summed E-state index contributed by atoms with van der Waals surface area (Å²) >= 11 is 0.